The summed E-state index contributed by atoms with van der Waals surface area (Å²) in [5, 5.41) is 0.837. The van der Waals surface area contributed by atoms with E-state index in [0.29, 0.717) is 0 Å². The molecule has 0 amide bonds. The monoisotopic (exact) mass is 462 g/mol. The molecule has 1 heterocycles. The number of alkyl halides is 3. The zero-order valence-corrected chi connectivity index (χ0v) is 14.3. The molecule has 0 aliphatic carbocycles. The number of rotatable bonds is 0. The molecule has 0 spiro atoms. The maximum Gasteiger partial charge on any atom is 0.485 e. The molecule has 9 heteroatoms. The van der Waals surface area contributed by atoms with E-state index in [0.717, 1.165) is 5.02 Å². The molecule has 0 saturated heterocycles. The van der Waals surface area contributed by atoms with Crippen LogP contribution in [0.3, 0.4) is 0 Å². The predicted octanol–water partition coefficient (Wildman–Crippen LogP) is 0.500. The Morgan fingerprint density at radius 3 is 2.14 bits per heavy atom. The molecule has 0 fully saturated rings. The maximum atomic E-state index is 10.7. The summed E-state index contributed by atoms with van der Waals surface area (Å²) in [6.45, 7) is 0. The number of hydrogen-bond acceptors (Lipinski definition) is 3. The Bertz CT molecular complexity index is 806. The van der Waals surface area contributed by atoms with Crippen molar-refractivity contribution >= 4 is 21.7 Å². The highest BCUT2D eigenvalue weighted by Crippen LogP contribution is 2.25. The second-order valence-corrected chi connectivity index (χ2v) is 8.77. The Hall–Kier alpha value is -0.840. The van der Waals surface area contributed by atoms with E-state index in [1.165, 1.54) is 18.3 Å². The van der Waals surface area contributed by atoms with Crippen molar-refractivity contribution in [2.75, 3.05) is 0 Å². The summed E-state index contributed by atoms with van der Waals surface area (Å²) in [6.07, 6.45) is 0. The van der Waals surface area contributed by atoms with Crippen LogP contribution in [-0.2, 0) is 10.1 Å². The summed E-state index contributed by atoms with van der Waals surface area (Å²) in [4.78, 5) is 0. The van der Waals surface area contributed by atoms with Crippen molar-refractivity contribution in [1.29, 1.82) is 0 Å². The molecule has 0 unspecified atom stereocenters. The van der Waals surface area contributed by atoms with Crippen LogP contribution in [0.1, 0.15) is 0 Å². The van der Waals surface area contributed by atoms with Crippen LogP contribution in [0.15, 0.2) is 42.5 Å². The molecule has 22 heavy (non-hydrogen) atoms. The summed E-state index contributed by atoms with van der Waals surface area (Å²) in [5.74, 6) is 0. The van der Waals surface area contributed by atoms with Gasteiger partial charge in [0.2, 0.25) is 7.14 Å². The first-order valence-corrected chi connectivity index (χ1v) is 9.60. The Balaban J connectivity index is 0.000000192. The van der Waals surface area contributed by atoms with Gasteiger partial charge in [0.1, 0.15) is 0 Å². The van der Waals surface area contributed by atoms with E-state index in [1.807, 2.05) is 6.07 Å². The van der Waals surface area contributed by atoms with Gasteiger partial charge in [0, 0.05) is 16.1 Å². The zero-order chi connectivity index (χ0) is 16.5. The lowest BCUT2D eigenvalue weighted by molar-refractivity contribution is -0.589. The molecule has 0 N–H and O–H groups in total. The van der Waals surface area contributed by atoms with E-state index < -0.39 is 15.6 Å². The number of fused-ring (bicyclic) bond motifs is 3. The fraction of sp³-hybridized carbons (Fsp3) is 0.0769. The minimum atomic E-state index is -6.09. The SMILES string of the molecule is Clc1ccc2c(c1)-c1ccccc1[I+]2.O=S(=O)([O-])C(F)(F)F. The van der Waals surface area contributed by atoms with Crippen molar-refractivity contribution in [3.8, 4) is 11.1 Å². The first-order chi connectivity index (χ1) is 10.1. The third kappa shape index (κ3) is 3.92. The van der Waals surface area contributed by atoms with Gasteiger partial charge in [-0.05, 0) is 30.3 Å². The van der Waals surface area contributed by atoms with Gasteiger partial charge in [-0.3, -0.25) is 0 Å². The van der Waals surface area contributed by atoms with Crippen molar-refractivity contribution in [2.24, 2.45) is 0 Å². The average molecular weight is 463 g/mol. The van der Waals surface area contributed by atoms with E-state index >= 15 is 0 Å². The lowest BCUT2D eigenvalue weighted by atomic mass is 10.1. The van der Waals surface area contributed by atoms with Crippen LogP contribution in [0.25, 0.3) is 11.1 Å². The minimum Gasteiger partial charge on any atom is -0.741 e. The van der Waals surface area contributed by atoms with E-state index in [-0.39, 0.29) is 21.2 Å². The van der Waals surface area contributed by atoms with Crippen molar-refractivity contribution in [3.63, 3.8) is 0 Å². The molecule has 2 aromatic rings. The fourth-order valence-corrected chi connectivity index (χ4v) is 4.70. The quantitative estimate of drug-likeness (QED) is 0.278. The predicted molar refractivity (Wildman–Crippen MR) is 70.0 cm³/mol. The first kappa shape index (κ1) is 17.5. The van der Waals surface area contributed by atoms with Crippen LogP contribution in [0.4, 0.5) is 13.2 Å². The molecule has 118 valence electrons. The largest absolute Gasteiger partial charge is 0.741 e. The third-order valence-electron chi connectivity index (χ3n) is 2.58. The zero-order valence-electron chi connectivity index (χ0n) is 10.6. The summed E-state index contributed by atoms with van der Waals surface area (Å²) in [5.41, 5.74) is -2.91. The van der Waals surface area contributed by atoms with Gasteiger partial charge in [0.05, 0.1) is 0 Å². The fourth-order valence-electron chi connectivity index (χ4n) is 1.66. The lowest BCUT2D eigenvalue weighted by Crippen LogP contribution is -3.61. The molecule has 3 nitrogen and oxygen atoms in total. The third-order valence-corrected chi connectivity index (χ3v) is 6.43. The maximum absolute atomic E-state index is 10.7. The standard InChI is InChI=1S/C12H7ClI.CHF3O3S/c13-8-5-6-12-10(7-8)9-3-1-2-4-11(9)14-12;2-1(3,4)8(5,6)7/h1-7H;(H,5,6,7)/q+1;/p-1. The normalized spacial score (nSPS) is 13.0. The summed E-state index contributed by atoms with van der Waals surface area (Å²) < 4.78 is 61.9. The van der Waals surface area contributed by atoms with Gasteiger partial charge < -0.3 is 4.55 Å². The average Bonchev–Trinajstić information content (AvgIpc) is 2.75. The molecule has 1 aliphatic heterocycles. The Kier molecular flexibility index (Phi) is 5.05. The van der Waals surface area contributed by atoms with Crippen LogP contribution in [0, 0.1) is 7.14 Å². The van der Waals surface area contributed by atoms with E-state index in [1.54, 1.807) is 0 Å². The van der Waals surface area contributed by atoms with Gasteiger partial charge in [-0.15, -0.1) is 0 Å². The highest BCUT2D eigenvalue weighted by atomic mass is 127. The van der Waals surface area contributed by atoms with Gasteiger partial charge in [0.25, 0.3) is 0 Å². The topological polar surface area (TPSA) is 57.2 Å². The number of benzene rings is 2. The highest BCUT2D eigenvalue weighted by molar-refractivity contribution is 7.86. The Morgan fingerprint density at radius 2 is 1.55 bits per heavy atom. The summed E-state index contributed by atoms with van der Waals surface area (Å²) in [6, 6.07) is 14.9. The summed E-state index contributed by atoms with van der Waals surface area (Å²) >= 11 is 6.03. The second kappa shape index (κ2) is 6.34. The van der Waals surface area contributed by atoms with Crippen molar-refractivity contribution < 1.29 is 47.3 Å². The molecule has 1 aliphatic rings. The highest BCUT2D eigenvalue weighted by Gasteiger charge is 2.37. The van der Waals surface area contributed by atoms with Crippen LogP contribution < -0.4 is 21.2 Å². The van der Waals surface area contributed by atoms with Gasteiger partial charge in [-0.1, -0.05) is 23.7 Å². The van der Waals surface area contributed by atoms with Crippen LogP contribution in [0.2, 0.25) is 5.02 Å². The number of halogens is 5. The lowest BCUT2D eigenvalue weighted by Gasteiger charge is -2.08. The van der Waals surface area contributed by atoms with Gasteiger partial charge in [-0.25, -0.2) is 8.42 Å². The van der Waals surface area contributed by atoms with Crippen LogP contribution in [-0.4, -0.2) is 18.5 Å². The molecular formula is C13H7ClF3IO3S. The van der Waals surface area contributed by atoms with Crippen molar-refractivity contribution in [1.82, 2.24) is 0 Å². The molecule has 0 bridgehead atoms. The Labute approximate surface area is 140 Å². The van der Waals surface area contributed by atoms with E-state index in [9.17, 15) is 13.2 Å². The van der Waals surface area contributed by atoms with Crippen molar-refractivity contribution in [3.05, 3.63) is 54.6 Å². The first-order valence-electron chi connectivity index (χ1n) is 5.65. The van der Waals surface area contributed by atoms with Gasteiger partial charge in [-0.2, -0.15) is 13.2 Å². The van der Waals surface area contributed by atoms with Crippen LogP contribution in [0.5, 0.6) is 0 Å². The molecular weight excluding hydrogens is 456 g/mol. The van der Waals surface area contributed by atoms with E-state index in [2.05, 4.69) is 36.4 Å². The second-order valence-electron chi connectivity index (χ2n) is 4.10. The van der Waals surface area contributed by atoms with E-state index in [4.69, 9.17) is 24.6 Å². The van der Waals surface area contributed by atoms with Crippen LogP contribution >= 0.6 is 11.6 Å². The molecule has 2 aromatic carbocycles. The Morgan fingerprint density at radius 1 is 1.00 bits per heavy atom. The smallest absolute Gasteiger partial charge is 0.485 e. The summed E-state index contributed by atoms with van der Waals surface area (Å²) in [7, 11) is -6.09. The molecule has 0 saturated carbocycles. The van der Waals surface area contributed by atoms with Gasteiger partial charge >= 0.3 is 26.7 Å². The molecule has 3 rings (SSSR count). The molecule has 0 radical (unpaired) electrons. The number of hydrogen-bond donors (Lipinski definition) is 0. The molecule has 0 atom stereocenters. The van der Waals surface area contributed by atoms with Gasteiger partial charge in [0.15, 0.2) is 10.1 Å². The minimum absolute atomic E-state index is 0.0313. The molecule has 0 aromatic heterocycles. The van der Waals surface area contributed by atoms with Crippen molar-refractivity contribution in [2.45, 2.75) is 5.51 Å².